The Morgan fingerprint density at radius 2 is 2.24 bits per heavy atom. The molecule has 0 spiro atoms. The molecule has 9 heteroatoms. The first-order chi connectivity index (χ1) is 12.0. The van der Waals surface area contributed by atoms with Crippen molar-refractivity contribution in [2.24, 2.45) is 0 Å². The number of nitrogens with one attached hydrogen (secondary N) is 2. The fourth-order valence-corrected chi connectivity index (χ4v) is 3.79. The van der Waals surface area contributed by atoms with Crippen LogP contribution in [-0.4, -0.2) is 48.1 Å². The summed E-state index contributed by atoms with van der Waals surface area (Å²) in [6, 6.07) is 4.66. The summed E-state index contributed by atoms with van der Waals surface area (Å²) < 4.78 is 0. The maximum absolute atomic E-state index is 12.8. The van der Waals surface area contributed by atoms with Gasteiger partial charge in [-0.2, -0.15) is 5.10 Å². The Balaban J connectivity index is 1.63. The van der Waals surface area contributed by atoms with Crippen molar-refractivity contribution < 1.29 is 14.7 Å². The molecule has 1 amide bonds. The van der Waals surface area contributed by atoms with Crippen LogP contribution in [0.2, 0.25) is 0 Å². The molecule has 1 unspecified atom stereocenters. The summed E-state index contributed by atoms with van der Waals surface area (Å²) in [6.45, 7) is 2.18. The summed E-state index contributed by atoms with van der Waals surface area (Å²) >= 11 is 1.60. The lowest BCUT2D eigenvalue weighted by Gasteiger charge is -2.31. The van der Waals surface area contributed by atoms with Gasteiger partial charge >= 0.3 is 5.97 Å². The van der Waals surface area contributed by atoms with Gasteiger partial charge < -0.3 is 15.0 Å². The number of thiophene rings is 1. The van der Waals surface area contributed by atoms with Crippen LogP contribution in [0, 0.1) is 6.92 Å². The molecule has 25 heavy (non-hydrogen) atoms. The molecule has 1 atom stereocenters. The van der Waals surface area contributed by atoms with Crippen LogP contribution < -0.4 is 0 Å². The number of amides is 1. The number of carbonyl (C=O) groups is 2. The number of fused-ring (bicyclic) bond motifs is 1. The summed E-state index contributed by atoms with van der Waals surface area (Å²) in [7, 11) is 0. The molecule has 0 fully saturated rings. The van der Waals surface area contributed by atoms with Gasteiger partial charge in [-0.3, -0.25) is 9.89 Å². The van der Waals surface area contributed by atoms with Gasteiger partial charge in [0.05, 0.1) is 34.8 Å². The predicted octanol–water partition coefficient (Wildman–Crippen LogP) is 1.82. The maximum atomic E-state index is 12.8. The summed E-state index contributed by atoms with van der Waals surface area (Å²) in [4.78, 5) is 35.0. The number of aromatic amines is 2. The van der Waals surface area contributed by atoms with Crippen molar-refractivity contribution in [2.45, 2.75) is 25.9 Å². The SMILES string of the molecule is Cc1ccc(-c2cc(C(=O)N3Cc4[nH]cnc4CC3C(=O)O)n[nH]2)s1. The molecule has 0 aromatic carbocycles. The van der Waals surface area contributed by atoms with Crippen molar-refractivity contribution in [3.05, 3.63) is 46.5 Å². The number of aromatic nitrogens is 4. The van der Waals surface area contributed by atoms with Gasteiger partial charge in [0.15, 0.2) is 5.69 Å². The molecule has 0 saturated carbocycles. The van der Waals surface area contributed by atoms with E-state index in [9.17, 15) is 14.7 Å². The number of H-pyrrole nitrogens is 2. The van der Waals surface area contributed by atoms with Crippen molar-refractivity contribution in [1.29, 1.82) is 0 Å². The van der Waals surface area contributed by atoms with E-state index in [2.05, 4.69) is 20.2 Å². The third kappa shape index (κ3) is 2.72. The standard InChI is InChI=1S/C16H15N5O3S/c1-8-2-3-14(25-8)10-4-11(20-19-10)15(22)21-6-12-9(17-7-18-12)5-13(21)16(23)24/h2-4,7,13H,5-6H2,1H3,(H,17,18)(H,19,20)(H,23,24). The summed E-state index contributed by atoms with van der Waals surface area (Å²) in [5, 5.41) is 16.4. The monoisotopic (exact) mass is 357 g/mol. The average Bonchev–Trinajstić information content (AvgIpc) is 3.32. The fraction of sp³-hybridized carbons (Fsp3) is 0.250. The van der Waals surface area contributed by atoms with Crippen LogP contribution in [0.1, 0.15) is 26.8 Å². The topological polar surface area (TPSA) is 115 Å². The van der Waals surface area contributed by atoms with Gasteiger partial charge in [-0.05, 0) is 25.1 Å². The van der Waals surface area contributed by atoms with Crippen molar-refractivity contribution in [1.82, 2.24) is 25.1 Å². The number of rotatable bonds is 3. The van der Waals surface area contributed by atoms with Gasteiger partial charge in [-0.1, -0.05) is 0 Å². The van der Waals surface area contributed by atoms with Crippen LogP contribution in [0.4, 0.5) is 0 Å². The molecular weight excluding hydrogens is 342 g/mol. The van der Waals surface area contributed by atoms with E-state index in [0.29, 0.717) is 5.69 Å². The molecular formula is C16H15N5O3S. The number of nitrogens with zero attached hydrogens (tertiary/aromatic N) is 3. The number of imidazole rings is 1. The third-order valence-electron chi connectivity index (χ3n) is 4.25. The van der Waals surface area contributed by atoms with Crippen LogP contribution in [0.15, 0.2) is 24.5 Å². The lowest BCUT2D eigenvalue weighted by molar-refractivity contribution is -0.142. The largest absolute Gasteiger partial charge is 0.480 e. The Kier molecular flexibility index (Phi) is 3.65. The molecule has 1 aliphatic heterocycles. The molecule has 128 valence electrons. The minimum absolute atomic E-state index is 0.172. The second-order valence-electron chi connectivity index (χ2n) is 5.90. The Morgan fingerprint density at radius 1 is 1.40 bits per heavy atom. The minimum atomic E-state index is -1.05. The van der Waals surface area contributed by atoms with E-state index in [1.807, 2.05) is 19.1 Å². The Bertz CT molecular complexity index is 957. The molecule has 8 nitrogen and oxygen atoms in total. The molecule has 4 rings (SSSR count). The number of hydrogen-bond acceptors (Lipinski definition) is 5. The third-order valence-corrected chi connectivity index (χ3v) is 5.28. The molecule has 3 N–H and O–H groups in total. The Morgan fingerprint density at radius 3 is 2.96 bits per heavy atom. The van der Waals surface area contributed by atoms with E-state index in [-0.39, 0.29) is 18.7 Å². The lowest BCUT2D eigenvalue weighted by Crippen LogP contribution is -2.48. The molecule has 3 aromatic rings. The Labute approximate surface area is 146 Å². The summed E-state index contributed by atoms with van der Waals surface area (Å²) in [5.41, 5.74) is 2.39. The normalized spacial score (nSPS) is 16.7. The molecule has 1 aliphatic rings. The highest BCUT2D eigenvalue weighted by atomic mass is 32.1. The van der Waals surface area contributed by atoms with E-state index >= 15 is 0 Å². The van der Waals surface area contributed by atoms with Gasteiger partial charge in [0.2, 0.25) is 0 Å². The van der Waals surface area contributed by atoms with E-state index in [1.165, 1.54) is 11.2 Å². The highest BCUT2D eigenvalue weighted by Crippen LogP contribution is 2.28. The van der Waals surface area contributed by atoms with Crippen LogP contribution in [0.5, 0.6) is 0 Å². The van der Waals surface area contributed by atoms with E-state index in [0.717, 1.165) is 21.1 Å². The number of aryl methyl sites for hydroxylation is 1. The van der Waals surface area contributed by atoms with E-state index in [4.69, 9.17) is 0 Å². The van der Waals surface area contributed by atoms with Crippen LogP contribution in [0.3, 0.4) is 0 Å². The molecule has 0 saturated heterocycles. The zero-order chi connectivity index (χ0) is 17.6. The molecule has 4 heterocycles. The van der Waals surface area contributed by atoms with Crippen LogP contribution in [0.25, 0.3) is 10.6 Å². The minimum Gasteiger partial charge on any atom is -0.480 e. The number of carboxylic acid groups (broad SMARTS) is 1. The van der Waals surface area contributed by atoms with Gasteiger partial charge in [0.1, 0.15) is 6.04 Å². The second-order valence-corrected chi connectivity index (χ2v) is 7.18. The maximum Gasteiger partial charge on any atom is 0.326 e. The zero-order valence-electron chi connectivity index (χ0n) is 13.3. The van der Waals surface area contributed by atoms with Gasteiger partial charge in [0.25, 0.3) is 5.91 Å². The number of aliphatic carboxylic acids is 1. The lowest BCUT2D eigenvalue weighted by atomic mass is 10.0. The van der Waals surface area contributed by atoms with Crippen molar-refractivity contribution in [2.75, 3.05) is 0 Å². The van der Waals surface area contributed by atoms with Gasteiger partial charge in [0, 0.05) is 11.3 Å². The van der Waals surface area contributed by atoms with Crippen molar-refractivity contribution >= 4 is 23.2 Å². The smallest absolute Gasteiger partial charge is 0.326 e. The molecule has 3 aromatic heterocycles. The molecule has 0 bridgehead atoms. The zero-order valence-corrected chi connectivity index (χ0v) is 14.1. The van der Waals surface area contributed by atoms with Crippen LogP contribution >= 0.6 is 11.3 Å². The fourth-order valence-electron chi connectivity index (χ4n) is 2.95. The quantitative estimate of drug-likeness (QED) is 0.661. The number of carbonyl (C=O) groups excluding carboxylic acids is 1. The summed E-state index contributed by atoms with van der Waals surface area (Å²) in [5.74, 6) is -1.46. The second kappa shape index (κ2) is 5.85. The van der Waals surface area contributed by atoms with Crippen molar-refractivity contribution in [3.8, 4) is 10.6 Å². The molecule has 0 aliphatic carbocycles. The predicted molar refractivity (Wildman–Crippen MR) is 90.2 cm³/mol. The molecule has 0 radical (unpaired) electrons. The first-order valence-electron chi connectivity index (χ1n) is 7.70. The van der Waals surface area contributed by atoms with E-state index in [1.54, 1.807) is 17.4 Å². The first kappa shape index (κ1) is 15.6. The Hall–Kier alpha value is -2.94. The number of hydrogen-bond donors (Lipinski definition) is 3. The van der Waals surface area contributed by atoms with E-state index < -0.39 is 17.9 Å². The number of carboxylic acids is 1. The van der Waals surface area contributed by atoms with Crippen molar-refractivity contribution in [3.63, 3.8) is 0 Å². The van der Waals surface area contributed by atoms with Crippen LogP contribution in [-0.2, 0) is 17.8 Å². The highest BCUT2D eigenvalue weighted by molar-refractivity contribution is 7.15. The van der Waals surface area contributed by atoms with Gasteiger partial charge in [-0.25, -0.2) is 9.78 Å². The highest BCUT2D eigenvalue weighted by Gasteiger charge is 2.37. The summed E-state index contributed by atoms with van der Waals surface area (Å²) in [6.07, 6.45) is 1.70. The van der Waals surface area contributed by atoms with Gasteiger partial charge in [-0.15, -0.1) is 11.3 Å². The average molecular weight is 357 g/mol. The first-order valence-corrected chi connectivity index (χ1v) is 8.51.